The maximum atomic E-state index is 12.7. The van der Waals surface area contributed by atoms with E-state index >= 15 is 0 Å². The SMILES string of the molecule is COC(=O)[C@@H](Cc1ccccc1)N(Cc1ccccc1)C(=O)CC(C)=O. The van der Waals surface area contributed by atoms with Gasteiger partial charge in [0.2, 0.25) is 5.91 Å². The van der Waals surface area contributed by atoms with Crippen molar-refractivity contribution >= 4 is 17.7 Å². The summed E-state index contributed by atoms with van der Waals surface area (Å²) in [5, 5.41) is 0. The Morgan fingerprint density at radius 3 is 1.96 bits per heavy atom. The van der Waals surface area contributed by atoms with E-state index in [-0.39, 0.29) is 24.7 Å². The number of amides is 1. The molecule has 0 aromatic heterocycles. The zero-order chi connectivity index (χ0) is 18.9. The maximum Gasteiger partial charge on any atom is 0.328 e. The summed E-state index contributed by atoms with van der Waals surface area (Å²) in [5.41, 5.74) is 1.79. The maximum absolute atomic E-state index is 12.7. The first-order valence-corrected chi connectivity index (χ1v) is 8.46. The van der Waals surface area contributed by atoms with Crippen LogP contribution in [-0.2, 0) is 32.1 Å². The largest absolute Gasteiger partial charge is 0.467 e. The molecule has 0 saturated heterocycles. The zero-order valence-corrected chi connectivity index (χ0v) is 15.1. The molecule has 0 bridgehead atoms. The molecule has 2 aromatic rings. The Morgan fingerprint density at radius 2 is 1.46 bits per heavy atom. The van der Waals surface area contributed by atoms with Gasteiger partial charge in [-0.25, -0.2) is 4.79 Å². The molecule has 0 fully saturated rings. The van der Waals surface area contributed by atoms with Crippen molar-refractivity contribution in [3.8, 4) is 0 Å². The molecular weight excluding hydrogens is 330 g/mol. The van der Waals surface area contributed by atoms with Gasteiger partial charge in [-0.05, 0) is 18.1 Å². The lowest BCUT2D eigenvalue weighted by molar-refractivity contribution is -0.154. The van der Waals surface area contributed by atoms with Crippen molar-refractivity contribution in [2.24, 2.45) is 0 Å². The molecule has 0 aliphatic heterocycles. The van der Waals surface area contributed by atoms with E-state index in [4.69, 9.17) is 4.74 Å². The minimum absolute atomic E-state index is 0.236. The van der Waals surface area contributed by atoms with Crippen LogP contribution in [0.4, 0.5) is 0 Å². The predicted molar refractivity (Wildman–Crippen MR) is 98.2 cm³/mol. The van der Waals surface area contributed by atoms with Crippen LogP contribution in [0.5, 0.6) is 0 Å². The first-order valence-electron chi connectivity index (χ1n) is 8.46. The van der Waals surface area contributed by atoms with Gasteiger partial charge in [-0.1, -0.05) is 60.7 Å². The highest BCUT2D eigenvalue weighted by Gasteiger charge is 2.31. The number of nitrogens with zero attached hydrogens (tertiary/aromatic N) is 1. The first kappa shape index (κ1) is 19.4. The summed E-state index contributed by atoms with van der Waals surface area (Å²) in [4.78, 5) is 38.1. The first-order chi connectivity index (χ1) is 12.5. The summed E-state index contributed by atoms with van der Waals surface area (Å²) in [6, 6.07) is 18.0. The highest BCUT2D eigenvalue weighted by atomic mass is 16.5. The van der Waals surface area contributed by atoms with Gasteiger partial charge in [0.25, 0.3) is 0 Å². The molecule has 0 aliphatic rings. The summed E-state index contributed by atoms with van der Waals surface area (Å²) < 4.78 is 4.94. The normalized spacial score (nSPS) is 11.5. The fourth-order valence-corrected chi connectivity index (χ4v) is 2.76. The number of esters is 1. The molecular formula is C21H23NO4. The minimum atomic E-state index is -0.797. The van der Waals surface area contributed by atoms with Crippen molar-refractivity contribution < 1.29 is 19.1 Å². The van der Waals surface area contributed by atoms with Crippen molar-refractivity contribution in [2.75, 3.05) is 7.11 Å². The third kappa shape index (κ3) is 5.55. The van der Waals surface area contributed by atoms with Gasteiger partial charge in [0.1, 0.15) is 11.8 Å². The quantitative estimate of drug-likeness (QED) is 0.541. The summed E-state index contributed by atoms with van der Waals surface area (Å²) in [5.74, 6) is -1.12. The zero-order valence-electron chi connectivity index (χ0n) is 15.1. The summed E-state index contributed by atoms with van der Waals surface area (Å²) in [6.45, 7) is 1.60. The number of hydrogen-bond acceptors (Lipinski definition) is 4. The van der Waals surface area contributed by atoms with E-state index in [1.54, 1.807) is 0 Å². The minimum Gasteiger partial charge on any atom is -0.467 e. The monoisotopic (exact) mass is 353 g/mol. The van der Waals surface area contributed by atoms with Crippen molar-refractivity contribution in [3.63, 3.8) is 0 Å². The highest BCUT2D eigenvalue weighted by Crippen LogP contribution is 2.16. The molecule has 5 nitrogen and oxygen atoms in total. The van der Waals surface area contributed by atoms with Crippen LogP contribution < -0.4 is 0 Å². The molecule has 0 N–H and O–H groups in total. The topological polar surface area (TPSA) is 63.7 Å². The molecule has 0 saturated carbocycles. The molecule has 136 valence electrons. The van der Waals surface area contributed by atoms with Gasteiger partial charge in [0, 0.05) is 13.0 Å². The Balaban J connectivity index is 2.34. The van der Waals surface area contributed by atoms with Crippen molar-refractivity contribution in [1.29, 1.82) is 0 Å². The average molecular weight is 353 g/mol. The Kier molecular flexibility index (Phi) is 7.09. The average Bonchev–Trinajstić information content (AvgIpc) is 2.65. The van der Waals surface area contributed by atoms with Gasteiger partial charge in [-0.15, -0.1) is 0 Å². The van der Waals surface area contributed by atoms with Crippen LogP contribution in [0, 0.1) is 0 Å². The number of rotatable bonds is 8. The molecule has 5 heteroatoms. The van der Waals surface area contributed by atoms with Crippen molar-refractivity contribution in [2.45, 2.75) is 32.4 Å². The summed E-state index contributed by atoms with van der Waals surface area (Å²) in [7, 11) is 1.30. The molecule has 1 atom stereocenters. The van der Waals surface area contributed by atoms with Gasteiger partial charge in [0.15, 0.2) is 0 Å². The number of benzene rings is 2. The highest BCUT2D eigenvalue weighted by molar-refractivity contribution is 5.98. The lowest BCUT2D eigenvalue weighted by Crippen LogP contribution is -2.47. The Bertz CT molecular complexity index is 743. The second-order valence-corrected chi connectivity index (χ2v) is 6.11. The second kappa shape index (κ2) is 9.51. The number of carbonyl (C=O) groups is 3. The van der Waals surface area contributed by atoms with Crippen LogP contribution in [0.2, 0.25) is 0 Å². The van der Waals surface area contributed by atoms with Crippen LogP contribution in [0.15, 0.2) is 60.7 Å². The third-order valence-corrected chi connectivity index (χ3v) is 4.04. The lowest BCUT2D eigenvalue weighted by atomic mass is 10.0. The Morgan fingerprint density at radius 1 is 0.923 bits per heavy atom. The van der Waals surface area contributed by atoms with Gasteiger partial charge in [-0.3, -0.25) is 9.59 Å². The van der Waals surface area contributed by atoms with Crippen molar-refractivity contribution in [1.82, 2.24) is 4.90 Å². The molecule has 26 heavy (non-hydrogen) atoms. The molecule has 0 aliphatic carbocycles. The summed E-state index contributed by atoms with van der Waals surface area (Å²) in [6.07, 6.45) is 0.0824. The Labute approximate surface area is 153 Å². The van der Waals surface area contributed by atoms with E-state index < -0.39 is 12.0 Å². The van der Waals surface area contributed by atoms with Gasteiger partial charge in [0.05, 0.1) is 13.5 Å². The van der Waals surface area contributed by atoms with Gasteiger partial charge in [-0.2, -0.15) is 0 Å². The number of ether oxygens (including phenoxy) is 1. The smallest absolute Gasteiger partial charge is 0.328 e. The van der Waals surface area contributed by atoms with Gasteiger partial charge >= 0.3 is 5.97 Å². The van der Waals surface area contributed by atoms with Crippen LogP contribution in [0.3, 0.4) is 0 Å². The van der Waals surface area contributed by atoms with Gasteiger partial charge < -0.3 is 9.64 Å². The fourth-order valence-electron chi connectivity index (χ4n) is 2.76. The molecule has 2 aromatic carbocycles. The molecule has 0 heterocycles. The molecule has 0 unspecified atom stereocenters. The number of carbonyl (C=O) groups excluding carboxylic acids is 3. The van der Waals surface area contributed by atoms with Crippen molar-refractivity contribution in [3.05, 3.63) is 71.8 Å². The van der Waals surface area contributed by atoms with Crippen LogP contribution in [0.1, 0.15) is 24.5 Å². The second-order valence-electron chi connectivity index (χ2n) is 6.11. The van der Waals surface area contributed by atoms with E-state index in [1.165, 1.54) is 18.9 Å². The van der Waals surface area contributed by atoms with Crippen LogP contribution in [0.25, 0.3) is 0 Å². The molecule has 0 spiro atoms. The third-order valence-electron chi connectivity index (χ3n) is 4.04. The van der Waals surface area contributed by atoms with E-state index in [0.29, 0.717) is 6.42 Å². The molecule has 1 amide bonds. The number of hydrogen-bond donors (Lipinski definition) is 0. The van der Waals surface area contributed by atoms with E-state index in [0.717, 1.165) is 11.1 Å². The number of methoxy groups -OCH3 is 1. The van der Waals surface area contributed by atoms with E-state index in [1.807, 2.05) is 60.7 Å². The van der Waals surface area contributed by atoms with Crippen LogP contribution >= 0.6 is 0 Å². The number of ketones is 1. The fraction of sp³-hybridized carbons (Fsp3) is 0.286. The van der Waals surface area contributed by atoms with E-state index in [2.05, 4.69) is 0 Å². The van der Waals surface area contributed by atoms with E-state index in [9.17, 15) is 14.4 Å². The van der Waals surface area contributed by atoms with Crippen LogP contribution in [-0.4, -0.2) is 35.7 Å². The molecule has 0 radical (unpaired) electrons. The Hall–Kier alpha value is -2.95. The standard InChI is InChI=1S/C21H23NO4/c1-16(23)13-20(24)22(15-18-11-7-4-8-12-18)19(21(25)26-2)14-17-9-5-3-6-10-17/h3-12,19H,13-15H2,1-2H3/t19-/m1/s1. The molecule has 2 rings (SSSR count). The predicted octanol–water partition coefficient (Wildman–Crippen LogP) is 2.78. The number of Topliss-reactive ketones (excluding diaryl/α,β-unsaturated/α-hetero) is 1. The summed E-state index contributed by atoms with van der Waals surface area (Å²) >= 11 is 0. The lowest BCUT2D eigenvalue weighted by Gasteiger charge is -2.30.